The van der Waals surface area contributed by atoms with Crippen molar-refractivity contribution in [3.05, 3.63) is 18.0 Å². The van der Waals surface area contributed by atoms with Crippen molar-refractivity contribution in [3.8, 4) is 12.1 Å². The van der Waals surface area contributed by atoms with E-state index in [1.165, 1.54) is 12.3 Å². The van der Waals surface area contributed by atoms with Crippen molar-refractivity contribution in [2.45, 2.75) is 20.0 Å². The summed E-state index contributed by atoms with van der Waals surface area (Å²) in [4.78, 5) is 7.72. The average Bonchev–Trinajstić information content (AvgIpc) is 2.24. The summed E-state index contributed by atoms with van der Waals surface area (Å²) in [5.74, 6) is 0. The van der Waals surface area contributed by atoms with E-state index >= 15 is 0 Å². The van der Waals surface area contributed by atoms with Crippen molar-refractivity contribution in [2.75, 3.05) is 13.2 Å². The number of rotatable bonds is 5. The van der Waals surface area contributed by atoms with Crippen LogP contribution < -0.4 is 4.74 Å². The zero-order valence-electron chi connectivity index (χ0n) is 8.80. The normalized spacial score (nSPS) is 10.0. The highest BCUT2D eigenvalue weighted by Gasteiger charge is 1.99. The van der Waals surface area contributed by atoms with Gasteiger partial charge in [-0.1, -0.05) is 0 Å². The summed E-state index contributed by atoms with van der Waals surface area (Å²) in [5.41, 5.74) is 0.296. The quantitative estimate of drug-likeness (QED) is 0.677. The van der Waals surface area contributed by atoms with Gasteiger partial charge in [0.15, 0.2) is 0 Å². The Bertz CT molecular complexity index is 347. The smallest absolute Gasteiger partial charge is 0.317 e. The van der Waals surface area contributed by atoms with E-state index < -0.39 is 0 Å². The lowest BCUT2D eigenvalue weighted by molar-refractivity contribution is 0.0531. The van der Waals surface area contributed by atoms with E-state index in [9.17, 15) is 0 Å². The molecule has 5 heteroatoms. The Labute approximate surface area is 88.7 Å². The van der Waals surface area contributed by atoms with Crippen LogP contribution in [0.25, 0.3) is 0 Å². The second kappa shape index (κ2) is 5.94. The minimum absolute atomic E-state index is 0.181. The molecule has 0 aliphatic carbocycles. The van der Waals surface area contributed by atoms with Gasteiger partial charge in [-0.2, -0.15) is 10.2 Å². The molecule has 0 aromatic carbocycles. The minimum atomic E-state index is 0.181. The molecular formula is C10H13N3O2. The van der Waals surface area contributed by atoms with Crippen LogP contribution in [0.2, 0.25) is 0 Å². The molecule has 0 unspecified atom stereocenters. The number of hydrogen-bond acceptors (Lipinski definition) is 5. The van der Waals surface area contributed by atoms with Crippen LogP contribution in [0.15, 0.2) is 12.3 Å². The topological polar surface area (TPSA) is 68.0 Å². The van der Waals surface area contributed by atoms with Crippen LogP contribution in [-0.2, 0) is 4.74 Å². The molecule has 1 aromatic rings. The highest BCUT2D eigenvalue weighted by atomic mass is 16.5. The van der Waals surface area contributed by atoms with Crippen LogP contribution in [0.3, 0.4) is 0 Å². The van der Waals surface area contributed by atoms with Crippen LogP contribution in [0.1, 0.15) is 19.5 Å². The van der Waals surface area contributed by atoms with Crippen LogP contribution in [0.5, 0.6) is 6.01 Å². The first-order valence-corrected chi connectivity index (χ1v) is 4.70. The third kappa shape index (κ3) is 4.38. The van der Waals surface area contributed by atoms with Gasteiger partial charge in [0.05, 0.1) is 12.7 Å². The molecule has 0 amide bonds. The van der Waals surface area contributed by atoms with E-state index in [2.05, 4.69) is 9.97 Å². The third-order valence-corrected chi connectivity index (χ3v) is 1.51. The van der Waals surface area contributed by atoms with E-state index in [-0.39, 0.29) is 12.1 Å². The Morgan fingerprint density at radius 2 is 2.27 bits per heavy atom. The number of hydrogen-bond donors (Lipinski definition) is 0. The van der Waals surface area contributed by atoms with E-state index in [1.807, 2.05) is 19.9 Å². The third-order valence-electron chi connectivity index (χ3n) is 1.51. The van der Waals surface area contributed by atoms with Gasteiger partial charge in [0, 0.05) is 6.20 Å². The molecule has 0 radical (unpaired) electrons. The molecule has 0 N–H and O–H groups in total. The lowest BCUT2D eigenvalue weighted by Crippen LogP contribution is -2.12. The van der Waals surface area contributed by atoms with E-state index in [0.717, 1.165) is 0 Å². The maximum atomic E-state index is 8.59. The van der Waals surface area contributed by atoms with Crippen LogP contribution in [0, 0.1) is 11.3 Å². The van der Waals surface area contributed by atoms with Crippen LogP contribution in [-0.4, -0.2) is 29.3 Å². The second-order valence-electron chi connectivity index (χ2n) is 3.10. The number of nitriles is 1. The van der Waals surface area contributed by atoms with Gasteiger partial charge >= 0.3 is 6.01 Å². The molecule has 0 atom stereocenters. The van der Waals surface area contributed by atoms with Crippen molar-refractivity contribution in [1.82, 2.24) is 9.97 Å². The van der Waals surface area contributed by atoms with E-state index in [0.29, 0.717) is 18.9 Å². The van der Waals surface area contributed by atoms with Gasteiger partial charge in [-0.3, -0.25) is 0 Å². The molecule has 0 spiro atoms. The summed E-state index contributed by atoms with van der Waals surface area (Å²) in [6.45, 7) is 4.77. The molecular weight excluding hydrogens is 194 g/mol. The van der Waals surface area contributed by atoms with Crippen LogP contribution >= 0.6 is 0 Å². The summed E-state index contributed by atoms with van der Waals surface area (Å²) >= 11 is 0. The van der Waals surface area contributed by atoms with Crippen molar-refractivity contribution in [3.63, 3.8) is 0 Å². The number of nitrogens with zero attached hydrogens (tertiary/aromatic N) is 3. The minimum Gasteiger partial charge on any atom is -0.461 e. The van der Waals surface area contributed by atoms with Crippen molar-refractivity contribution < 1.29 is 9.47 Å². The highest BCUT2D eigenvalue weighted by Crippen LogP contribution is 2.01. The molecule has 1 aromatic heterocycles. The van der Waals surface area contributed by atoms with Gasteiger partial charge in [-0.15, -0.1) is 0 Å². The standard InChI is InChI=1S/C10H13N3O2/c1-8(2)14-5-6-15-10-12-4-3-9(7-11)13-10/h3-4,8H,5-6H2,1-2H3. The van der Waals surface area contributed by atoms with Gasteiger partial charge in [0.1, 0.15) is 18.4 Å². The van der Waals surface area contributed by atoms with Crippen molar-refractivity contribution in [1.29, 1.82) is 5.26 Å². The molecule has 5 nitrogen and oxygen atoms in total. The Balaban J connectivity index is 2.35. The molecule has 15 heavy (non-hydrogen) atoms. The first-order chi connectivity index (χ1) is 7.22. The molecule has 0 aliphatic heterocycles. The van der Waals surface area contributed by atoms with Crippen molar-refractivity contribution >= 4 is 0 Å². The molecule has 0 saturated heterocycles. The molecule has 1 rings (SSSR count). The second-order valence-corrected chi connectivity index (χ2v) is 3.10. The molecule has 0 aliphatic rings. The molecule has 0 saturated carbocycles. The fourth-order valence-electron chi connectivity index (χ4n) is 0.889. The highest BCUT2D eigenvalue weighted by molar-refractivity contribution is 5.19. The van der Waals surface area contributed by atoms with Gasteiger partial charge in [0.25, 0.3) is 0 Å². The van der Waals surface area contributed by atoms with Crippen molar-refractivity contribution in [2.24, 2.45) is 0 Å². The summed E-state index contributed by atoms with van der Waals surface area (Å²) in [5, 5.41) is 8.59. The zero-order chi connectivity index (χ0) is 11.1. The van der Waals surface area contributed by atoms with Gasteiger partial charge in [0.2, 0.25) is 0 Å². The SMILES string of the molecule is CC(C)OCCOc1nccc(C#N)n1. The summed E-state index contributed by atoms with van der Waals surface area (Å²) < 4.78 is 10.5. The average molecular weight is 207 g/mol. The summed E-state index contributed by atoms with van der Waals surface area (Å²) in [7, 11) is 0. The van der Waals surface area contributed by atoms with E-state index in [4.69, 9.17) is 14.7 Å². The number of ether oxygens (including phenoxy) is 2. The monoisotopic (exact) mass is 207 g/mol. The largest absolute Gasteiger partial charge is 0.461 e. The van der Waals surface area contributed by atoms with Gasteiger partial charge in [-0.25, -0.2) is 4.98 Å². The molecule has 1 heterocycles. The summed E-state index contributed by atoms with van der Waals surface area (Å²) in [6.07, 6.45) is 1.67. The number of aromatic nitrogens is 2. The maximum Gasteiger partial charge on any atom is 0.317 e. The van der Waals surface area contributed by atoms with E-state index in [1.54, 1.807) is 0 Å². The van der Waals surface area contributed by atoms with Gasteiger partial charge in [-0.05, 0) is 19.9 Å². The lowest BCUT2D eigenvalue weighted by atomic mass is 10.4. The predicted molar refractivity (Wildman–Crippen MR) is 53.3 cm³/mol. The zero-order valence-corrected chi connectivity index (χ0v) is 8.80. The first-order valence-electron chi connectivity index (χ1n) is 4.70. The molecule has 0 fully saturated rings. The predicted octanol–water partition coefficient (Wildman–Crippen LogP) is 1.15. The fraction of sp³-hybridized carbons (Fsp3) is 0.500. The Hall–Kier alpha value is -1.67. The Morgan fingerprint density at radius 3 is 2.93 bits per heavy atom. The molecule has 80 valence electrons. The fourth-order valence-corrected chi connectivity index (χ4v) is 0.889. The Kier molecular flexibility index (Phi) is 4.51. The Morgan fingerprint density at radius 1 is 1.47 bits per heavy atom. The summed E-state index contributed by atoms with van der Waals surface area (Å²) in [6, 6.07) is 3.65. The lowest BCUT2D eigenvalue weighted by Gasteiger charge is -2.07. The molecule has 0 bridgehead atoms. The maximum absolute atomic E-state index is 8.59. The van der Waals surface area contributed by atoms with Crippen LogP contribution in [0.4, 0.5) is 0 Å². The van der Waals surface area contributed by atoms with Gasteiger partial charge < -0.3 is 9.47 Å². The first kappa shape index (κ1) is 11.4.